The molecule has 2 aliphatic heterocycles. The molecule has 0 unspecified atom stereocenters. The van der Waals surface area contributed by atoms with Crippen LogP contribution >= 0.6 is 0 Å². The first kappa shape index (κ1) is 17.9. The maximum absolute atomic E-state index is 12.5. The Morgan fingerprint density at radius 1 is 1.12 bits per heavy atom. The van der Waals surface area contributed by atoms with Gasteiger partial charge in [0.1, 0.15) is 0 Å². The fourth-order valence-corrected chi connectivity index (χ4v) is 3.87. The quantitative estimate of drug-likeness (QED) is 0.891. The van der Waals surface area contributed by atoms with Gasteiger partial charge in [0.2, 0.25) is 11.8 Å². The summed E-state index contributed by atoms with van der Waals surface area (Å²) < 4.78 is 1.78. The van der Waals surface area contributed by atoms with E-state index in [0.717, 1.165) is 68.9 Å². The van der Waals surface area contributed by atoms with Gasteiger partial charge >= 0.3 is 0 Å². The lowest BCUT2D eigenvalue weighted by Crippen LogP contribution is -2.43. The zero-order chi connectivity index (χ0) is 18.0. The van der Waals surface area contributed by atoms with Crippen molar-refractivity contribution in [2.24, 2.45) is 13.0 Å². The molecule has 7 heteroatoms. The lowest BCUT2D eigenvalue weighted by atomic mass is 9.95. The fraction of sp³-hybridized carbons (Fsp3) is 0.722. The first-order chi connectivity index (χ1) is 12.0. The molecule has 138 valence electrons. The second-order valence-corrected chi connectivity index (χ2v) is 7.30. The lowest BCUT2D eigenvalue weighted by molar-refractivity contribution is -0.136. The largest absolute Gasteiger partial charge is 0.342 e. The van der Waals surface area contributed by atoms with Gasteiger partial charge in [0.05, 0.1) is 23.6 Å². The van der Waals surface area contributed by atoms with E-state index >= 15 is 0 Å². The number of hydrogen-bond donors (Lipinski definition) is 1. The molecular formula is C18H29N5O2. The molecule has 0 spiro atoms. The van der Waals surface area contributed by atoms with Gasteiger partial charge in [-0.15, -0.1) is 0 Å². The summed E-state index contributed by atoms with van der Waals surface area (Å²) in [7, 11) is 1.88. The zero-order valence-electron chi connectivity index (χ0n) is 15.5. The van der Waals surface area contributed by atoms with Crippen molar-refractivity contribution in [3.05, 3.63) is 11.4 Å². The number of hydrogen-bond acceptors (Lipinski definition) is 4. The van der Waals surface area contributed by atoms with E-state index in [0.29, 0.717) is 12.5 Å². The Labute approximate surface area is 149 Å². The van der Waals surface area contributed by atoms with Crippen LogP contribution in [0, 0.1) is 19.8 Å². The van der Waals surface area contributed by atoms with Gasteiger partial charge in [-0.05, 0) is 52.6 Å². The molecule has 0 radical (unpaired) electrons. The predicted molar refractivity (Wildman–Crippen MR) is 96.3 cm³/mol. The molecule has 3 heterocycles. The van der Waals surface area contributed by atoms with Crippen LogP contribution in [0.5, 0.6) is 0 Å². The Morgan fingerprint density at radius 3 is 2.32 bits per heavy atom. The van der Waals surface area contributed by atoms with Gasteiger partial charge in [-0.2, -0.15) is 5.10 Å². The average molecular weight is 347 g/mol. The standard InChI is InChI=1S/C18H29N5O2/c1-13-17(14(2)21(3)20-13)19-16(24)12-22-10-6-15(7-11-22)18(25)23-8-4-5-9-23/h15H,4-12H2,1-3H3,(H,19,24). The molecule has 0 atom stereocenters. The molecule has 1 aromatic heterocycles. The minimum atomic E-state index is -0.0106. The first-order valence-corrected chi connectivity index (χ1v) is 9.27. The maximum atomic E-state index is 12.5. The second-order valence-electron chi connectivity index (χ2n) is 7.30. The van der Waals surface area contributed by atoms with Crippen LogP contribution in [0.3, 0.4) is 0 Å². The minimum Gasteiger partial charge on any atom is -0.342 e. The molecule has 0 aliphatic carbocycles. The summed E-state index contributed by atoms with van der Waals surface area (Å²) in [5.74, 6) is 0.451. The van der Waals surface area contributed by atoms with Crippen molar-refractivity contribution < 1.29 is 9.59 Å². The topological polar surface area (TPSA) is 70.5 Å². The number of anilines is 1. The summed E-state index contributed by atoms with van der Waals surface area (Å²) >= 11 is 0. The van der Waals surface area contributed by atoms with Crippen LogP contribution in [0.25, 0.3) is 0 Å². The number of aromatic nitrogens is 2. The number of piperidine rings is 1. The van der Waals surface area contributed by atoms with Gasteiger partial charge in [-0.3, -0.25) is 19.2 Å². The molecule has 0 saturated carbocycles. The van der Waals surface area contributed by atoms with Crippen molar-refractivity contribution in [2.75, 3.05) is 38.0 Å². The highest BCUT2D eigenvalue weighted by Crippen LogP contribution is 2.22. The number of likely N-dealkylation sites (tertiary alicyclic amines) is 2. The first-order valence-electron chi connectivity index (χ1n) is 9.27. The van der Waals surface area contributed by atoms with Crippen LogP contribution in [0.1, 0.15) is 37.1 Å². The third kappa shape index (κ3) is 4.03. The number of carbonyl (C=O) groups is 2. The highest BCUT2D eigenvalue weighted by molar-refractivity contribution is 5.93. The fourth-order valence-electron chi connectivity index (χ4n) is 3.87. The summed E-state index contributed by atoms with van der Waals surface area (Å²) in [6, 6.07) is 0. The second kappa shape index (κ2) is 7.56. The molecule has 3 rings (SSSR count). The van der Waals surface area contributed by atoms with Gasteiger partial charge < -0.3 is 10.2 Å². The lowest BCUT2D eigenvalue weighted by Gasteiger charge is -2.32. The molecule has 2 fully saturated rings. The van der Waals surface area contributed by atoms with E-state index in [1.807, 2.05) is 25.8 Å². The van der Waals surface area contributed by atoms with E-state index < -0.39 is 0 Å². The van der Waals surface area contributed by atoms with Crippen molar-refractivity contribution in [2.45, 2.75) is 39.5 Å². The highest BCUT2D eigenvalue weighted by Gasteiger charge is 2.30. The van der Waals surface area contributed by atoms with E-state index in [4.69, 9.17) is 0 Å². The summed E-state index contributed by atoms with van der Waals surface area (Å²) in [4.78, 5) is 29.0. The van der Waals surface area contributed by atoms with Crippen LogP contribution in [-0.4, -0.2) is 64.1 Å². The van der Waals surface area contributed by atoms with Gasteiger partial charge in [-0.1, -0.05) is 0 Å². The molecule has 0 bridgehead atoms. The number of nitrogens with zero attached hydrogens (tertiary/aromatic N) is 4. The summed E-state index contributed by atoms with van der Waals surface area (Å²) in [5, 5.41) is 7.31. The monoisotopic (exact) mass is 347 g/mol. The SMILES string of the molecule is Cc1nn(C)c(C)c1NC(=O)CN1CCC(C(=O)N2CCCC2)CC1. The van der Waals surface area contributed by atoms with Crippen molar-refractivity contribution >= 4 is 17.5 Å². The Morgan fingerprint density at radius 2 is 1.76 bits per heavy atom. The summed E-state index contributed by atoms with van der Waals surface area (Å²) in [5.41, 5.74) is 2.61. The van der Waals surface area contributed by atoms with Gasteiger partial charge in [-0.25, -0.2) is 0 Å². The van der Waals surface area contributed by atoms with E-state index in [-0.39, 0.29) is 11.8 Å². The third-order valence-electron chi connectivity index (χ3n) is 5.50. The Balaban J connectivity index is 1.47. The van der Waals surface area contributed by atoms with Crippen molar-refractivity contribution in [3.8, 4) is 0 Å². The Bertz CT molecular complexity index is 640. The van der Waals surface area contributed by atoms with E-state index in [1.54, 1.807) is 4.68 Å². The maximum Gasteiger partial charge on any atom is 0.238 e. The van der Waals surface area contributed by atoms with Crippen LogP contribution < -0.4 is 5.32 Å². The highest BCUT2D eigenvalue weighted by atomic mass is 16.2. The molecule has 1 aromatic rings. The van der Waals surface area contributed by atoms with Crippen LogP contribution in [0.4, 0.5) is 5.69 Å². The van der Waals surface area contributed by atoms with Crippen LogP contribution in [0.2, 0.25) is 0 Å². The van der Waals surface area contributed by atoms with Crippen molar-refractivity contribution in [3.63, 3.8) is 0 Å². The van der Waals surface area contributed by atoms with Gasteiger partial charge in [0, 0.05) is 26.1 Å². The summed E-state index contributed by atoms with van der Waals surface area (Å²) in [6.45, 7) is 7.68. The molecule has 2 saturated heterocycles. The molecule has 25 heavy (non-hydrogen) atoms. The molecular weight excluding hydrogens is 318 g/mol. The summed E-state index contributed by atoms with van der Waals surface area (Å²) in [6.07, 6.45) is 3.98. The van der Waals surface area contributed by atoms with E-state index in [2.05, 4.69) is 15.3 Å². The molecule has 0 aromatic carbocycles. The molecule has 7 nitrogen and oxygen atoms in total. The number of rotatable bonds is 4. The number of nitrogens with one attached hydrogen (secondary N) is 1. The number of carbonyl (C=O) groups excluding carboxylic acids is 2. The number of aryl methyl sites for hydroxylation is 2. The minimum absolute atomic E-state index is 0.0106. The van der Waals surface area contributed by atoms with Crippen molar-refractivity contribution in [1.29, 1.82) is 0 Å². The molecule has 2 aliphatic rings. The van der Waals surface area contributed by atoms with Gasteiger partial charge in [0.15, 0.2) is 0 Å². The Kier molecular flexibility index (Phi) is 5.42. The van der Waals surface area contributed by atoms with Crippen LogP contribution in [0.15, 0.2) is 0 Å². The molecule has 2 amide bonds. The van der Waals surface area contributed by atoms with Gasteiger partial charge in [0.25, 0.3) is 0 Å². The molecule has 1 N–H and O–H groups in total. The van der Waals surface area contributed by atoms with E-state index in [1.165, 1.54) is 0 Å². The van der Waals surface area contributed by atoms with Crippen LogP contribution in [-0.2, 0) is 16.6 Å². The predicted octanol–water partition coefficient (Wildman–Crippen LogP) is 1.31. The smallest absolute Gasteiger partial charge is 0.238 e. The normalized spacial score (nSPS) is 19.4. The zero-order valence-corrected chi connectivity index (χ0v) is 15.5. The third-order valence-corrected chi connectivity index (χ3v) is 5.50. The average Bonchev–Trinajstić information content (AvgIpc) is 3.20. The number of amides is 2. The van der Waals surface area contributed by atoms with E-state index in [9.17, 15) is 9.59 Å². The van der Waals surface area contributed by atoms with Crippen molar-refractivity contribution in [1.82, 2.24) is 19.6 Å². The Hall–Kier alpha value is -1.89.